The Labute approximate surface area is 122 Å². The Morgan fingerprint density at radius 1 is 1.25 bits per heavy atom. The fourth-order valence-electron chi connectivity index (χ4n) is 2.08. The summed E-state index contributed by atoms with van der Waals surface area (Å²) in [5.41, 5.74) is 7.39. The third-order valence-electron chi connectivity index (χ3n) is 3.54. The van der Waals surface area contributed by atoms with Crippen LogP contribution in [0.3, 0.4) is 0 Å². The van der Waals surface area contributed by atoms with Gasteiger partial charge in [-0.2, -0.15) is 0 Å². The molecule has 1 unspecified atom stereocenters. The quantitative estimate of drug-likeness (QED) is 0.681. The van der Waals surface area contributed by atoms with Crippen molar-refractivity contribution in [2.75, 3.05) is 11.9 Å². The van der Waals surface area contributed by atoms with Crippen LogP contribution in [0.5, 0.6) is 0 Å². The van der Waals surface area contributed by atoms with Gasteiger partial charge in [0.05, 0.1) is 0 Å². The molecule has 4 N–H and O–H groups in total. The predicted octanol–water partition coefficient (Wildman–Crippen LogP) is 3.48. The number of anilines is 1. The summed E-state index contributed by atoms with van der Waals surface area (Å²) < 4.78 is 0. The fraction of sp³-hybridized carbons (Fsp3) is 0.562. The number of urea groups is 1. The molecule has 0 aliphatic heterocycles. The Morgan fingerprint density at radius 2 is 1.95 bits per heavy atom. The molecule has 112 valence electrons. The highest BCUT2D eigenvalue weighted by atomic mass is 16.2. The first-order chi connectivity index (χ1) is 9.69. The molecule has 0 bridgehead atoms. The molecule has 4 nitrogen and oxygen atoms in total. The summed E-state index contributed by atoms with van der Waals surface area (Å²) in [6, 6.07) is 7.45. The number of hydrogen-bond donors (Lipinski definition) is 3. The number of nitrogens with one attached hydrogen (secondary N) is 2. The van der Waals surface area contributed by atoms with E-state index < -0.39 is 0 Å². The largest absolute Gasteiger partial charge is 0.338 e. The molecule has 0 aliphatic rings. The Kier molecular flexibility index (Phi) is 7.73. The maximum Gasteiger partial charge on any atom is 0.319 e. The number of benzene rings is 1. The van der Waals surface area contributed by atoms with E-state index in [1.807, 2.05) is 24.3 Å². The molecular weight excluding hydrogens is 250 g/mol. The van der Waals surface area contributed by atoms with Crippen molar-refractivity contribution in [3.8, 4) is 0 Å². The van der Waals surface area contributed by atoms with Gasteiger partial charge in [-0.3, -0.25) is 0 Å². The van der Waals surface area contributed by atoms with Crippen molar-refractivity contribution in [2.45, 2.75) is 46.1 Å². The molecule has 1 rings (SSSR count). The molecular formula is C16H27N3O. The number of unbranched alkanes of at least 4 members (excludes halogenated alkanes) is 1. The average Bonchev–Trinajstić information content (AvgIpc) is 2.48. The SMILES string of the molecule is CCCCC(CC)CNC(=O)Nc1ccc(CN)cc1. The molecule has 20 heavy (non-hydrogen) atoms. The fourth-order valence-corrected chi connectivity index (χ4v) is 2.08. The van der Waals surface area contributed by atoms with Gasteiger partial charge in [-0.05, 0) is 30.0 Å². The molecule has 0 saturated heterocycles. The van der Waals surface area contributed by atoms with Crippen LogP contribution < -0.4 is 16.4 Å². The van der Waals surface area contributed by atoms with E-state index in [0.717, 1.165) is 24.2 Å². The van der Waals surface area contributed by atoms with E-state index in [1.165, 1.54) is 19.3 Å². The number of amides is 2. The Bertz CT molecular complexity index is 389. The highest BCUT2D eigenvalue weighted by molar-refractivity contribution is 5.89. The van der Waals surface area contributed by atoms with Gasteiger partial charge in [-0.25, -0.2) is 4.79 Å². The summed E-state index contributed by atoms with van der Waals surface area (Å²) in [4.78, 5) is 11.8. The lowest BCUT2D eigenvalue weighted by molar-refractivity contribution is 0.249. The molecule has 2 amide bonds. The minimum absolute atomic E-state index is 0.138. The van der Waals surface area contributed by atoms with E-state index in [1.54, 1.807) is 0 Å². The van der Waals surface area contributed by atoms with Crippen LogP contribution in [0.1, 0.15) is 45.1 Å². The van der Waals surface area contributed by atoms with Gasteiger partial charge in [0.1, 0.15) is 0 Å². The normalized spacial score (nSPS) is 11.9. The zero-order chi connectivity index (χ0) is 14.8. The summed E-state index contributed by atoms with van der Waals surface area (Å²) in [6.45, 7) is 5.62. The molecule has 1 aromatic carbocycles. The molecule has 0 heterocycles. The van der Waals surface area contributed by atoms with E-state index in [2.05, 4.69) is 24.5 Å². The lowest BCUT2D eigenvalue weighted by Gasteiger charge is -2.15. The van der Waals surface area contributed by atoms with Crippen LogP contribution in [0.4, 0.5) is 10.5 Å². The maximum atomic E-state index is 11.8. The molecule has 1 atom stereocenters. The van der Waals surface area contributed by atoms with Crippen molar-refractivity contribution in [3.05, 3.63) is 29.8 Å². The van der Waals surface area contributed by atoms with Crippen molar-refractivity contribution in [2.24, 2.45) is 11.7 Å². The molecule has 0 aliphatic carbocycles. The zero-order valence-electron chi connectivity index (χ0n) is 12.6. The highest BCUT2D eigenvalue weighted by Gasteiger charge is 2.08. The lowest BCUT2D eigenvalue weighted by atomic mass is 9.99. The highest BCUT2D eigenvalue weighted by Crippen LogP contribution is 2.12. The zero-order valence-corrected chi connectivity index (χ0v) is 12.6. The number of rotatable bonds is 8. The number of nitrogens with two attached hydrogens (primary N) is 1. The first kappa shape index (κ1) is 16.5. The third kappa shape index (κ3) is 6.06. The second kappa shape index (κ2) is 9.37. The monoisotopic (exact) mass is 277 g/mol. The van der Waals surface area contributed by atoms with Crippen LogP contribution in [0.15, 0.2) is 24.3 Å². The van der Waals surface area contributed by atoms with Crippen molar-refractivity contribution in [1.29, 1.82) is 0 Å². The van der Waals surface area contributed by atoms with Gasteiger partial charge < -0.3 is 16.4 Å². The number of hydrogen-bond acceptors (Lipinski definition) is 2. The number of carbonyl (C=O) groups excluding carboxylic acids is 1. The van der Waals surface area contributed by atoms with Crippen LogP contribution in [0, 0.1) is 5.92 Å². The van der Waals surface area contributed by atoms with E-state index in [-0.39, 0.29) is 6.03 Å². The maximum absolute atomic E-state index is 11.8. The minimum atomic E-state index is -0.138. The van der Waals surface area contributed by atoms with Crippen LogP contribution in [0.2, 0.25) is 0 Å². The van der Waals surface area contributed by atoms with Gasteiger partial charge in [0.15, 0.2) is 0 Å². The standard InChI is InChI=1S/C16H27N3O/c1-3-5-6-13(4-2)12-18-16(20)19-15-9-7-14(11-17)8-10-15/h7-10,13H,3-6,11-12,17H2,1-2H3,(H2,18,19,20). The van der Waals surface area contributed by atoms with Crippen LogP contribution in [-0.2, 0) is 6.54 Å². The Morgan fingerprint density at radius 3 is 2.50 bits per heavy atom. The first-order valence-electron chi connectivity index (χ1n) is 7.53. The van der Waals surface area contributed by atoms with Gasteiger partial charge in [-0.1, -0.05) is 45.2 Å². The van der Waals surface area contributed by atoms with E-state index in [0.29, 0.717) is 12.5 Å². The molecule has 1 aromatic rings. The minimum Gasteiger partial charge on any atom is -0.338 e. The summed E-state index contributed by atoms with van der Waals surface area (Å²) in [6.07, 6.45) is 4.71. The first-order valence-corrected chi connectivity index (χ1v) is 7.53. The van der Waals surface area contributed by atoms with Crippen LogP contribution in [0.25, 0.3) is 0 Å². The summed E-state index contributed by atoms with van der Waals surface area (Å²) in [7, 11) is 0. The van der Waals surface area contributed by atoms with Crippen molar-refractivity contribution in [1.82, 2.24) is 5.32 Å². The van der Waals surface area contributed by atoms with Crippen LogP contribution >= 0.6 is 0 Å². The molecule has 0 spiro atoms. The smallest absolute Gasteiger partial charge is 0.319 e. The number of carbonyl (C=O) groups is 1. The molecule has 0 aromatic heterocycles. The topological polar surface area (TPSA) is 67.2 Å². The summed E-state index contributed by atoms with van der Waals surface area (Å²) in [5, 5.41) is 5.78. The lowest BCUT2D eigenvalue weighted by Crippen LogP contribution is -2.33. The van der Waals surface area contributed by atoms with Crippen molar-refractivity contribution in [3.63, 3.8) is 0 Å². The van der Waals surface area contributed by atoms with Gasteiger partial charge >= 0.3 is 6.03 Å². The molecule has 4 heteroatoms. The second-order valence-electron chi connectivity index (χ2n) is 5.15. The molecule has 0 saturated carbocycles. The Balaban J connectivity index is 2.34. The molecule has 0 fully saturated rings. The van der Waals surface area contributed by atoms with Gasteiger partial charge in [0.25, 0.3) is 0 Å². The van der Waals surface area contributed by atoms with Crippen molar-refractivity contribution >= 4 is 11.7 Å². The van der Waals surface area contributed by atoms with Gasteiger partial charge in [-0.15, -0.1) is 0 Å². The predicted molar refractivity (Wildman–Crippen MR) is 84.7 cm³/mol. The summed E-state index contributed by atoms with van der Waals surface area (Å²) >= 11 is 0. The van der Waals surface area contributed by atoms with E-state index in [9.17, 15) is 4.79 Å². The van der Waals surface area contributed by atoms with Crippen molar-refractivity contribution < 1.29 is 4.79 Å². The average molecular weight is 277 g/mol. The van der Waals surface area contributed by atoms with E-state index in [4.69, 9.17) is 5.73 Å². The molecule has 0 radical (unpaired) electrons. The third-order valence-corrected chi connectivity index (χ3v) is 3.54. The van der Waals surface area contributed by atoms with Gasteiger partial charge in [0, 0.05) is 18.8 Å². The van der Waals surface area contributed by atoms with Crippen LogP contribution in [-0.4, -0.2) is 12.6 Å². The van der Waals surface area contributed by atoms with Gasteiger partial charge in [0.2, 0.25) is 0 Å². The van der Waals surface area contributed by atoms with E-state index >= 15 is 0 Å². The second-order valence-corrected chi connectivity index (χ2v) is 5.15. The Hall–Kier alpha value is -1.55. The summed E-state index contributed by atoms with van der Waals surface area (Å²) in [5.74, 6) is 0.570.